The maximum Gasteiger partial charge on any atom is 0.220 e. The minimum atomic E-state index is 0.101. The Morgan fingerprint density at radius 1 is 1.55 bits per heavy atom. The summed E-state index contributed by atoms with van der Waals surface area (Å²) in [5.74, 6) is 0.101. The van der Waals surface area contributed by atoms with E-state index in [0.29, 0.717) is 6.42 Å². The lowest BCUT2D eigenvalue weighted by atomic mass is 9.87. The Bertz CT molecular complexity index is 474. The van der Waals surface area contributed by atoms with Crippen molar-refractivity contribution in [3.8, 4) is 0 Å². The summed E-state index contributed by atoms with van der Waals surface area (Å²) in [6.45, 7) is 1.98. The van der Waals surface area contributed by atoms with Crippen molar-refractivity contribution in [3.63, 3.8) is 0 Å². The minimum Gasteiger partial charge on any atom is -0.399 e. The third kappa shape index (κ3) is 3.73. The van der Waals surface area contributed by atoms with Crippen LogP contribution >= 0.6 is 0 Å². The van der Waals surface area contributed by atoms with Crippen LogP contribution < -0.4 is 11.1 Å². The molecule has 0 aromatic heterocycles. The highest BCUT2D eigenvalue weighted by molar-refractivity contribution is 5.76. The van der Waals surface area contributed by atoms with Crippen molar-refractivity contribution in [2.45, 2.75) is 51.2 Å². The molecule has 0 aliphatic heterocycles. The molecule has 1 aliphatic rings. The van der Waals surface area contributed by atoms with Crippen LogP contribution in [0.25, 0.3) is 0 Å². The first-order chi connectivity index (χ1) is 9.60. The first-order valence-electron chi connectivity index (χ1n) is 7.30. The number of amides is 1. The van der Waals surface area contributed by atoms with E-state index in [1.54, 1.807) is 7.11 Å². The number of carbonyl (C=O) groups excluding carboxylic acids is 1. The maximum atomic E-state index is 12.0. The van der Waals surface area contributed by atoms with E-state index in [2.05, 4.69) is 5.32 Å². The number of methoxy groups -OCH3 is 1. The molecule has 1 aromatic rings. The second-order valence-electron chi connectivity index (χ2n) is 5.56. The molecule has 20 heavy (non-hydrogen) atoms. The van der Waals surface area contributed by atoms with Crippen molar-refractivity contribution < 1.29 is 9.53 Å². The molecule has 0 saturated carbocycles. The molecule has 1 aromatic carbocycles. The van der Waals surface area contributed by atoms with Gasteiger partial charge in [-0.25, -0.2) is 0 Å². The van der Waals surface area contributed by atoms with E-state index < -0.39 is 0 Å². The number of nitrogen functional groups attached to an aromatic ring is 1. The number of hydrogen-bond acceptors (Lipinski definition) is 3. The van der Waals surface area contributed by atoms with Gasteiger partial charge in [-0.3, -0.25) is 4.79 Å². The largest absolute Gasteiger partial charge is 0.399 e. The van der Waals surface area contributed by atoms with Crippen LogP contribution in [0.3, 0.4) is 0 Å². The molecule has 3 N–H and O–H groups in total. The molecule has 1 aliphatic carbocycles. The average Bonchev–Trinajstić information content (AvgIpc) is 2.44. The van der Waals surface area contributed by atoms with Gasteiger partial charge in [0.15, 0.2) is 0 Å². The highest BCUT2D eigenvalue weighted by Gasteiger charge is 2.21. The summed E-state index contributed by atoms with van der Waals surface area (Å²) in [6, 6.07) is 6.12. The first kappa shape index (κ1) is 14.9. The minimum absolute atomic E-state index is 0.101. The lowest BCUT2D eigenvalue weighted by Gasteiger charge is -2.27. The number of benzene rings is 1. The van der Waals surface area contributed by atoms with Gasteiger partial charge in [0.05, 0.1) is 12.1 Å². The molecule has 2 rings (SSSR count). The van der Waals surface area contributed by atoms with Crippen LogP contribution in [0.5, 0.6) is 0 Å². The van der Waals surface area contributed by atoms with Gasteiger partial charge in [0.1, 0.15) is 0 Å². The number of rotatable bonds is 5. The van der Waals surface area contributed by atoms with Crippen LogP contribution in [0.4, 0.5) is 5.69 Å². The van der Waals surface area contributed by atoms with Gasteiger partial charge in [-0.2, -0.15) is 0 Å². The number of carbonyl (C=O) groups is 1. The van der Waals surface area contributed by atoms with E-state index in [0.717, 1.165) is 31.4 Å². The van der Waals surface area contributed by atoms with E-state index in [9.17, 15) is 4.79 Å². The Labute approximate surface area is 120 Å². The van der Waals surface area contributed by atoms with Crippen molar-refractivity contribution in [2.75, 3.05) is 12.8 Å². The van der Waals surface area contributed by atoms with E-state index >= 15 is 0 Å². The summed E-state index contributed by atoms with van der Waals surface area (Å²) in [5, 5.41) is 3.14. The zero-order chi connectivity index (χ0) is 14.5. The molecule has 4 nitrogen and oxygen atoms in total. The van der Waals surface area contributed by atoms with Gasteiger partial charge in [0, 0.05) is 19.2 Å². The second-order valence-corrected chi connectivity index (χ2v) is 5.56. The maximum absolute atomic E-state index is 12.0. The molecule has 0 radical (unpaired) electrons. The number of fused-ring (bicyclic) bond motifs is 1. The number of aryl methyl sites for hydroxylation is 1. The predicted molar refractivity (Wildman–Crippen MR) is 80.4 cm³/mol. The van der Waals surface area contributed by atoms with Crippen molar-refractivity contribution in [1.29, 1.82) is 0 Å². The van der Waals surface area contributed by atoms with Crippen LogP contribution in [-0.4, -0.2) is 19.1 Å². The molecule has 0 heterocycles. The summed E-state index contributed by atoms with van der Waals surface area (Å²) in [4.78, 5) is 12.0. The Morgan fingerprint density at radius 3 is 3.10 bits per heavy atom. The predicted octanol–water partition coefficient (Wildman–Crippen LogP) is 2.58. The van der Waals surface area contributed by atoms with Gasteiger partial charge >= 0.3 is 0 Å². The number of nitrogens with one attached hydrogen (secondary N) is 1. The molecule has 110 valence electrons. The molecular weight excluding hydrogens is 252 g/mol. The average molecular weight is 276 g/mol. The number of hydrogen-bond donors (Lipinski definition) is 2. The van der Waals surface area contributed by atoms with E-state index in [1.807, 2.05) is 25.1 Å². The van der Waals surface area contributed by atoms with Gasteiger partial charge < -0.3 is 15.8 Å². The summed E-state index contributed by atoms with van der Waals surface area (Å²) >= 11 is 0. The monoisotopic (exact) mass is 276 g/mol. The third-order valence-corrected chi connectivity index (χ3v) is 4.00. The van der Waals surface area contributed by atoms with Crippen molar-refractivity contribution in [3.05, 3.63) is 29.3 Å². The van der Waals surface area contributed by atoms with Gasteiger partial charge in [0.25, 0.3) is 0 Å². The van der Waals surface area contributed by atoms with Gasteiger partial charge in [0.2, 0.25) is 5.91 Å². The van der Waals surface area contributed by atoms with Gasteiger partial charge in [-0.15, -0.1) is 0 Å². The summed E-state index contributed by atoms with van der Waals surface area (Å²) < 4.78 is 5.17. The normalized spacial score (nSPS) is 19.2. The standard InChI is InChI=1S/C16H24N2O2/c1-11(20-2)6-9-16(19)18-15-5-3-4-12-10-13(17)7-8-14(12)15/h7-8,10-11,15H,3-6,9,17H2,1-2H3,(H,18,19). The number of anilines is 1. The molecule has 0 fully saturated rings. The molecule has 0 bridgehead atoms. The Hall–Kier alpha value is -1.55. The lowest BCUT2D eigenvalue weighted by Crippen LogP contribution is -2.31. The zero-order valence-corrected chi connectivity index (χ0v) is 12.3. The summed E-state index contributed by atoms with van der Waals surface area (Å²) in [5.41, 5.74) is 9.11. The number of nitrogens with two attached hydrogens (primary N) is 1. The summed E-state index contributed by atoms with van der Waals surface area (Å²) in [7, 11) is 1.67. The molecule has 0 spiro atoms. The van der Waals surface area contributed by atoms with Crippen molar-refractivity contribution >= 4 is 11.6 Å². The third-order valence-electron chi connectivity index (χ3n) is 4.00. The molecular formula is C16H24N2O2. The Kier molecular flexibility index (Phi) is 5.01. The molecule has 2 atom stereocenters. The Morgan fingerprint density at radius 2 is 2.35 bits per heavy atom. The molecule has 0 saturated heterocycles. The van der Waals surface area contributed by atoms with E-state index in [1.165, 1.54) is 11.1 Å². The van der Waals surface area contributed by atoms with Crippen molar-refractivity contribution in [2.24, 2.45) is 0 Å². The molecule has 1 amide bonds. The van der Waals surface area contributed by atoms with Crippen LogP contribution in [0.15, 0.2) is 18.2 Å². The van der Waals surface area contributed by atoms with E-state index in [4.69, 9.17) is 10.5 Å². The topological polar surface area (TPSA) is 64.3 Å². The van der Waals surface area contributed by atoms with Crippen LogP contribution in [-0.2, 0) is 16.0 Å². The smallest absolute Gasteiger partial charge is 0.220 e. The fraction of sp³-hybridized carbons (Fsp3) is 0.562. The van der Waals surface area contributed by atoms with Gasteiger partial charge in [-0.1, -0.05) is 6.07 Å². The van der Waals surface area contributed by atoms with Gasteiger partial charge in [-0.05, 0) is 55.9 Å². The fourth-order valence-electron chi connectivity index (χ4n) is 2.70. The molecule has 2 unspecified atom stereocenters. The second kappa shape index (κ2) is 6.75. The fourth-order valence-corrected chi connectivity index (χ4v) is 2.70. The quantitative estimate of drug-likeness (QED) is 0.812. The SMILES string of the molecule is COC(C)CCC(=O)NC1CCCc2cc(N)ccc21. The summed E-state index contributed by atoms with van der Waals surface area (Å²) in [6.07, 6.45) is 4.53. The lowest BCUT2D eigenvalue weighted by molar-refractivity contribution is -0.122. The first-order valence-corrected chi connectivity index (χ1v) is 7.30. The van der Waals surface area contributed by atoms with E-state index in [-0.39, 0.29) is 18.1 Å². The van der Waals surface area contributed by atoms with Crippen LogP contribution in [0.1, 0.15) is 49.8 Å². The zero-order valence-electron chi connectivity index (χ0n) is 12.3. The van der Waals surface area contributed by atoms with Crippen LogP contribution in [0, 0.1) is 0 Å². The van der Waals surface area contributed by atoms with Crippen LogP contribution in [0.2, 0.25) is 0 Å². The van der Waals surface area contributed by atoms with Crippen molar-refractivity contribution in [1.82, 2.24) is 5.32 Å². The molecule has 4 heteroatoms. The Balaban J connectivity index is 1.96. The highest BCUT2D eigenvalue weighted by atomic mass is 16.5. The highest BCUT2D eigenvalue weighted by Crippen LogP contribution is 2.31. The number of ether oxygens (including phenoxy) is 1.